The zero-order valence-electron chi connectivity index (χ0n) is 24.6. The number of aromatic nitrogens is 5. The molecule has 0 atom stereocenters. The third kappa shape index (κ3) is 6.67. The summed E-state index contributed by atoms with van der Waals surface area (Å²) in [4.78, 5) is 16.2. The summed E-state index contributed by atoms with van der Waals surface area (Å²) in [5.74, 6) is -0.333. The minimum Gasteiger partial charge on any atom is -0.491 e. The number of morpholine rings is 1. The Morgan fingerprint density at radius 1 is 0.977 bits per heavy atom. The van der Waals surface area contributed by atoms with Crippen molar-refractivity contribution in [2.75, 3.05) is 51.9 Å². The van der Waals surface area contributed by atoms with E-state index in [2.05, 4.69) is 15.2 Å². The average molecular weight is 602 g/mol. The number of benzene rings is 2. The third-order valence-electron chi connectivity index (χ3n) is 7.40. The fraction of sp³-hybridized carbons (Fsp3) is 0.312. The molecule has 0 radical (unpaired) electrons. The van der Waals surface area contributed by atoms with Crippen LogP contribution in [0.5, 0.6) is 5.75 Å². The molecule has 0 amide bonds. The standard InChI is InChI=1S/C32H33F2N7O3/c1-21-18-35-8-7-28(21)37-30-15-22(19-40-9-11-43-12-10-40)36-32(38-30)31-24-5-3-4-6-29(24)41(39-31)20-25-26(33)16-23(17-27(25)34)44-14-13-42-2/h3-8,15-18H,9-14,19-20H2,1-2H3,(H,35,36,37,38). The molecule has 228 valence electrons. The van der Waals surface area contributed by atoms with Gasteiger partial charge in [-0.05, 0) is 24.6 Å². The molecule has 1 saturated heterocycles. The van der Waals surface area contributed by atoms with Crippen LogP contribution >= 0.6 is 0 Å². The van der Waals surface area contributed by atoms with Crippen molar-refractivity contribution in [1.82, 2.24) is 29.6 Å². The first-order valence-corrected chi connectivity index (χ1v) is 14.4. The van der Waals surface area contributed by atoms with Gasteiger partial charge in [0.1, 0.15) is 35.5 Å². The molecular formula is C32H33F2N7O3. The van der Waals surface area contributed by atoms with Crippen molar-refractivity contribution in [1.29, 1.82) is 0 Å². The summed E-state index contributed by atoms with van der Waals surface area (Å²) in [5.41, 5.74) is 3.74. The van der Waals surface area contributed by atoms with Crippen molar-refractivity contribution in [3.63, 3.8) is 0 Å². The Bertz CT molecular complexity index is 1730. The molecule has 6 rings (SSSR count). The topological polar surface area (TPSA) is 99.5 Å². The van der Waals surface area contributed by atoms with Gasteiger partial charge < -0.3 is 19.5 Å². The molecule has 3 aromatic heterocycles. The quantitative estimate of drug-likeness (QED) is 0.207. The normalized spacial score (nSPS) is 13.8. The monoisotopic (exact) mass is 601 g/mol. The van der Waals surface area contributed by atoms with E-state index in [0.29, 0.717) is 49.2 Å². The summed E-state index contributed by atoms with van der Waals surface area (Å²) in [6.45, 7) is 5.88. The van der Waals surface area contributed by atoms with E-state index in [1.165, 1.54) is 19.2 Å². The minimum absolute atomic E-state index is 0.0989. The van der Waals surface area contributed by atoms with Gasteiger partial charge in [0, 0.05) is 74.0 Å². The van der Waals surface area contributed by atoms with Crippen molar-refractivity contribution in [3.05, 3.63) is 89.4 Å². The maximum Gasteiger partial charge on any atom is 0.183 e. The van der Waals surface area contributed by atoms with Gasteiger partial charge in [-0.1, -0.05) is 18.2 Å². The van der Waals surface area contributed by atoms with Gasteiger partial charge in [0.15, 0.2) is 5.82 Å². The molecule has 5 aromatic rings. The number of hydrogen-bond acceptors (Lipinski definition) is 9. The second kappa shape index (κ2) is 13.4. The fourth-order valence-corrected chi connectivity index (χ4v) is 5.11. The molecule has 0 unspecified atom stereocenters. The maximum atomic E-state index is 15.2. The Morgan fingerprint density at radius 3 is 2.55 bits per heavy atom. The van der Waals surface area contributed by atoms with Gasteiger partial charge in [0.2, 0.25) is 0 Å². The zero-order chi connectivity index (χ0) is 30.5. The van der Waals surface area contributed by atoms with Crippen LogP contribution in [-0.4, -0.2) is 76.3 Å². The number of rotatable bonds is 11. The summed E-state index contributed by atoms with van der Waals surface area (Å²) in [6, 6.07) is 13.7. The van der Waals surface area contributed by atoms with E-state index in [-0.39, 0.29) is 24.5 Å². The summed E-state index contributed by atoms with van der Waals surface area (Å²) in [5, 5.41) is 8.98. The van der Waals surface area contributed by atoms with E-state index in [4.69, 9.17) is 29.3 Å². The smallest absolute Gasteiger partial charge is 0.183 e. The van der Waals surface area contributed by atoms with Crippen LogP contribution in [-0.2, 0) is 22.6 Å². The summed E-state index contributed by atoms with van der Waals surface area (Å²) in [7, 11) is 1.53. The molecule has 1 N–H and O–H groups in total. The van der Waals surface area contributed by atoms with Crippen molar-refractivity contribution in [3.8, 4) is 17.3 Å². The van der Waals surface area contributed by atoms with E-state index in [0.717, 1.165) is 35.4 Å². The molecule has 0 bridgehead atoms. The van der Waals surface area contributed by atoms with Gasteiger partial charge in [-0.2, -0.15) is 5.10 Å². The molecular weight excluding hydrogens is 568 g/mol. The number of pyridine rings is 1. The largest absolute Gasteiger partial charge is 0.491 e. The lowest BCUT2D eigenvalue weighted by molar-refractivity contribution is 0.0336. The summed E-state index contributed by atoms with van der Waals surface area (Å²) >= 11 is 0. The number of ether oxygens (including phenoxy) is 3. The number of halogens is 2. The highest BCUT2D eigenvalue weighted by Gasteiger charge is 2.21. The lowest BCUT2D eigenvalue weighted by Gasteiger charge is -2.26. The lowest BCUT2D eigenvalue weighted by atomic mass is 10.1. The van der Waals surface area contributed by atoms with Crippen LogP contribution in [0.15, 0.2) is 60.9 Å². The molecule has 0 aliphatic carbocycles. The van der Waals surface area contributed by atoms with Crippen LogP contribution in [0.3, 0.4) is 0 Å². The van der Waals surface area contributed by atoms with E-state index >= 15 is 8.78 Å². The number of hydrogen-bond donors (Lipinski definition) is 1. The molecule has 0 spiro atoms. The number of nitrogens with one attached hydrogen (secondary N) is 1. The van der Waals surface area contributed by atoms with Crippen molar-refractivity contribution in [2.45, 2.75) is 20.0 Å². The van der Waals surface area contributed by atoms with Crippen LogP contribution in [0.25, 0.3) is 22.4 Å². The Morgan fingerprint density at radius 2 is 1.77 bits per heavy atom. The first-order valence-electron chi connectivity index (χ1n) is 14.4. The predicted octanol–water partition coefficient (Wildman–Crippen LogP) is 5.12. The van der Waals surface area contributed by atoms with Crippen LogP contribution < -0.4 is 10.1 Å². The van der Waals surface area contributed by atoms with Crippen molar-refractivity contribution < 1.29 is 23.0 Å². The Kier molecular flexibility index (Phi) is 9.01. The van der Waals surface area contributed by atoms with Gasteiger partial charge in [-0.15, -0.1) is 0 Å². The lowest BCUT2D eigenvalue weighted by Crippen LogP contribution is -2.35. The molecule has 12 heteroatoms. The SMILES string of the molecule is COCCOc1cc(F)c(Cn2nc(-c3nc(CN4CCOCC4)cc(Nc4ccncc4C)n3)c3ccccc32)c(F)c1. The maximum absolute atomic E-state index is 15.2. The molecule has 0 saturated carbocycles. The van der Waals surface area contributed by atoms with Gasteiger partial charge in [-0.3, -0.25) is 14.6 Å². The van der Waals surface area contributed by atoms with E-state index in [1.54, 1.807) is 17.1 Å². The number of anilines is 2. The van der Waals surface area contributed by atoms with Gasteiger partial charge in [0.05, 0.1) is 37.6 Å². The average Bonchev–Trinajstić information content (AvgIpc) is 3.39. The van der Waals surface area contributed by atoms with Crippen molar-refractivity contribution in [2.24, 2.45) is 0 Å². The van der Waals surface area contributed by atoms with E-state index in [9.17, 15) is 0 Å². The second-order valence-corrected chi connectivity index (χ2v) is 10.5. The molecule has 2 aromatic carbocycles. The number of para-hydroxylation sites is 1. The third-order valence-corrected chi connectivity index (χ3v) is 7.40. The van der Waals surface area contributed by atoms with Crippen LogP contribution in [0.4, 0.5) is 20.3 Å². The van der Waals surface area contributed by atoms with Gasteiger partial charge in [-0.25, -0.2) is 18.7 Å². The van der Waals surface area contributed by atoms with Crippen LogP contribution in [0.1, 0.15) is 16.8 Å². The molecule has 1 fully saturated rings. The Labute approximate surface area is 253 Å². The molecule has 1 aliphatic heterocycles. The minimum atomic E-state index is -0.721. The van der Waals surface area contributed by atoms with E-state index in [1.807, 2.05) is 43.3 Å². The number of methoxy groups -OCH3 is 1. The predicted molar refractivity (Wildman–Crippen MR) is 162 cm³/mol. The Hall–Kier alpha value is -4.52. The molecule has 10 nitrogen and oxygen atoms in total. The highest BCUT2D eigenvalue weighted by molar-refractivity contribution is 5.92. The van der Waals surface area contributed by atoms with Crippen LogP contribution in [0.2, 0.25) is 0 Å². The highest BCUT2D eigenvalue weighted by Crippen LogP contribution is 2.30. The summed E-state index contributed by atoms with van der Waals surface area (Å²) < 4.78 is 47.8. The molecule has 4 heterocycles. The number of nitrogens with zero attached hydrogens (tertiary/aromatic N) is 6. The summed E-state index contributed by atoms with van der Waals surface area (Å²) in [6.07, 6.45) is 3.50. The van der Waals surface area contributed by atoms with Gasteiger partial charge in [0.25, 0.3) is 0 Å². The van der Waals surface area contributed by atoms with E-state index < -0.39 is 11.6 Å². The first-order chi connectivity index (χ1) is 21.5. The molecule has 1 aliphatic rings. The second-order valence-electron chi connectivity index (χ2n) is 10.5. The number of fused-ring (bicyclic) bond motifs is 1. The molecule has 44 heavy (non-hydrogen) atoms. The highest BCUT2D eigenvalue weighted by atomic mass is 19.1. The Balaban J connectivity index is 1.38. The zero-order valence-corrected chi connectivity index (χ0v) is 24.6. The van der Waals surface area contributed by atoms with Crippen molar-refractivity contribution >= 4 is 22.4 Å². The van der Waals surface area contributed by atoms with Crippen LogP contribution in [0, 0.1) is 18.6 Å². The first kappa shape index (κ1) is 29.5. The van der Waals surface area contributed by atoms with Gasteiger partial charge >= 0.3 is 0 Å². The number of aryl methyl sites for hydroxylation is 1. The fourth-order valence-electron chi connectivity index (χ4n) is 5.11.